The van der Waals surface area contributed by atoms with Gasteiger partial charge in [0.25, 0.3) is 0 Å². The Morgan fingerprint density at radius 2 is 2.07 bits per heavy atom. The number of carboxylic acids is 1. The van der Waals surface area contributed by atoms with E-state index in [1.54, 1.807) is 6.08 Å². The number of hydrogen-bond donors (Lipinski definition) is 0. The summed E-state index contributed by atoms with van der Waals surface area (Å²) in [6, 6.07) is 9.78. The summed E-state index contributed by atoms with van der Waals surface area (Å²) in [6.07, 6.45) is 2.40. The Morgan fingerprint density at radius 3 is 2.60 bits per heavy atom. The molecule has 0 fully saturated rings. The van der Waals surface area contributed by atoms with Crippen LogP contribution in [0.4, 0.5) is 0 Å². The molecule has 0 heterocycles. The van der Waals surface area contributed by atoms with Gasteiger partial charge in [0, 0.05) is 10.7 Å². The van der Waals surface area contributed by atoms with E-state index in [1.807, 2.05) is 37.3 Å². The Bertz CT molecular complexity index is 344. The Hall–Kier alpha value is -1.22. The summed E-state index contributed by atoms with van der Waals surface area (Å²) in [5.41, 5.74) is 1.12. The minimum absolute atomic E-state index is 0.321. The van der Waals surface area contributed by atoms with Crippen molar-refractivity contribution in [3.63, 3.8) is 0 Å². The van der Waals surface area contributed by atoms with Crippen molar-refractivity contribution in [1.82, 2.24) is 0 Å². The van der Waals surface area contributed by atoms with Crippen LogP contribution in [0, 0.1) is 0 Å². The van der Waals surface area contributed by atoms with Crippen molar-refractivity contribution in [2.75, 3.05) is 0 Å². The van der Waals surface area contributed by atoms with Crippen LogP contribution >= 0.6 is 11.8 Å². The van der Waals surface area contributed by atoms with E-state index < -0.39 is 5.97 Å². The van der Waals surface area contributed by atoms with Crippen LogP contribution in [-0.4, -0.2) is 5.97 Å². The Balaban J connectivity index is 2.55. The molecule has 0 aliphatic heterocycles. The number of thioether (sulfide) groups is 1. The van der Waals surface area contributed by atoms with Gasteiger partial charge >= 0.3 is 0 Å². The third-order valence-corrected chi connectivity index (χ3v) is 2.95. The average molecular weight is 221 g/mol. The summed E-state index contributed by atoms with van der Waals surface area (Å²) in [6.45, 7) is 1.91. The van der Waals surface area contributed by atoms with Crippen molar-refractivity contribution in [1.29, 1.82) is 0 Å². The van der Waals surface area contributed by atoms with E-state index in [-0.39, 0.29) is 0 Å². The number of allylic oxidation sites excluding steroid dienone is 1. The first kappa shape index (κ1) is 11.9. The lowest BCUT2D eigenvalue weighted by Gasteiger charge is -2.07. The molecule has 0 amide bonds. The second-order valence-corrected chi connectivity index (χ2v) is 4.06. The van der Waals surface area contributed by atoms with Gasteiger partial charge in [-0.25, -0.2) is 0 Å². The summed E-state index contributed by atoms with van der Waals surface area (Å²) >= 11 is 1.31. The van der Waals surface area contributed by atoms with Gasteiger partial charge in [-0.15, -0.1) is 11.8 Å². The number of aliphatic carboxylic acids is 1. The van der Waals surface area contributed by atoms with Crippen molar-refractivity contribution in [2.45, 2.75) is 19.1 Å². The molecule has 15 heavy (non-hydrogen) atoms. The van der Waals surface area contributed by atoms with Crippen molar-refractivity contribution in [3.8, 4) is 0 Å². The zero-order valence-electron chi connectivity index (χ0n) is 8.60. The minimum Gasteiger partial charge on any atom is -0.544 e. The highest BCUT2D eigenvalue weighted by Gasteiger charge is 1.99. The Kier molecular flexibility index (Phi) is 4.98. The van der Waals surface area contributed by atoms with Crippen LogP contribution in [0.15, 0.2) is 41.3 Å². The second kappa shape index (κ2) is 6.30. The van der Waals surface area contributed by atoms with Crippen molar-refractivity contribution in [3.05, 3.63) is 46.9 Å². The summed E-state index contributed by atoms with van der Waals surface area (Å²) in [5.74, 6) is -0.418. The predicted octanol–water partition coefficient (Wildman–Crippen LogP) is 1.96. The molecule has 0 saturated heterocycles. The molecule has 0 unspecified atom stereocenters. The number of carbonyl (C=O) groups excluding carboxylic acids is 1. The summed E-state index contributed by atoms with van der Waals surface area (Å²) < 4.78 is 0. The van der Waals surface area contributed by atoms with Crippen molar-refractivity contribution < 1.29 is 9.90 Å². The second-order valence-electron chi connectivity index (χ2n) is 3.04. The molecule has 1 aromatic rings. The Labute approximate surface area is 94.0 Å². The topological polar surface area (TPSA) is 40.1 Å². The monoisotopic (exact) mass is 221 g/mol. The Morgan fingerprint density at radius 1 is 1.40 bits per heavy atom. The van der Waals surface area contributed by atoms with Gasteiger partial charge in [0.2, 0.25) is 0 Å². The third kappa shape index (κ3) is 4.21. The highest BCUT2D eigenvalue weighted by molar-refractivity contribution is 8.03. The van der Waals surface area contributed by atoms with Crippen molar-refractivity contribution in [2.24, 2.45) is 0 Å². The molecule has 0 aliphatic rings. The quantitative estimate of drug-likeness (QED) is 0.714. The molecule has 2 nitrogen and oxygen atoms in total. The van der Waals surface area contributed by atoms with Gasteiger partial charge in [-0.1, -0.05) is 43.3 Å². The van der Waals surface area contributed by atoms with E-state index in [9.17, 15) is 9.90 Å². The first-order valence-corrected chi connectivity index (χ1v) is 5.80. The lowest BCUT2D eigenvalue weighted by molar-refractivity contribution is -0.298. The van der Waals surface area contributed by atoms with Crippen LogP contribution in [0.2, 0.25) is 0 Å². The highest BCUT2D eigenvalue weighted by Crippen LogP contribution is 2.21. The number of carboxylic acid groups (broad SMARTS) is 1. The molecule has 0 aliphatic carbocycles. The third-order valence-electron chi connectivity index (χ3n) is 1.83. The number of benzene rings is 1. The van der Waals surface area contributed by atoms with E-state index in [0.29, 0.717) is 17.1 Å². The van der Waals surface area contributed by atoms with E-state index in [2.05, 4.69) is 0 Å². The van der Waals surface area contributed by atoms with E-state index in [1.165, 1.54) is 11.8 Å². The molecule has 80 valence electrons. The summed E-state index contributed by atoms with van der Waals surface area (Å²) in [7, 11) is 0. The largest absolute Gasteiger partial charge is 0.544 e. The predicted molar refractivity (Wildman–Crippen MR) is 61.1 cm³/mol. The molecule has 1 aromatic carbocycles. The maximum Gasteiger partial charge on any atom is 0.0775 e. The van der Waals surface area contributed by atoms with Gasteiger partial charge in [-0.3, -0.25) is 0 Å². The van der Waals surface area contributed by atoms with Crippen LogP contribution in [0.5, 0.6) is 0 Å². The summed E-state index contributed by atoms with van der Waals surface area (Å²) in [4.78, 5) is 11.0. The number of carbonyl (C=O) groups is 1. The zero-order chi connectivity index (χ0) is 11.1. The lowest BCUT2D eigenvalue weighted by Crippen LogP contribution is -2.23. The lowest BCUT2D eigenvalue weighted by atomic mass is 10.2. The molecule has 0 saturated carbocycles. The fraction of sp³-hybridized carbons (Fsp3) is 0.250. The van der Waals surface area contributed by atoms with Gasteiger partial charge in [0.1, 0.15) is 0 Å². The van der Waals surface area contributed by atoms with Crippen molar-refractivity contribution >= 4 is 17.7 Å². The molecule has 3 heteroatoms. The fourth-order valence-electron chi connectivity index (χ4n) is 1.12. The van der Waals surface area contributed by atoms with Crippen LogP contribution in [0.1, 0.15) is 18.9 Å². The fourth-order valence-corrected chi connectivity index (χ4v) is 2.04. The zero-order valence-corrected chi connectivity index (χ0v) is 9.42. The molecular weight excluding hydrogens is 208 g/mol. The molecule has 0 atom stereocenters. The first-order chi connectivity index (χ1) is 7.24. The maximum absolute atomic E-state index is 10.7. The molecule has 0 aromatic heterocycles. The number of rotatable bonds is 5. The van der Waals surface area contributed by atoms with Crippen LogP contribution in [0.25, 0.3) is 0 Å². The normalized spacial score (nSPS) is 11.4. The van der Waals surface area contributed by atoms with Crippen LogP contribution in [-0.2, 0) is 10.5 Å². The maximum atomic E-state index is 10.7. The van der Waals surface area contributed by atoms with Gasteiger partial charge < -0.3 is 9.90 Å². The minimum atomic E-state index is -1.09. The SMILES string of the molecule is CC/C=C(/SCc1ccccc1)C(=O)[O-]. The first-order valence-electron chi connectivity index (χ1n) is 4.82. The van der Waals surface area contributed by atoms with Gasteiger partial charge in [-0.05, 0) is 12.0 Å². The van der Waals surface area contributed by atoms with E-state index in [0.717, 1.165) is 5.56 Å². The molecule has 0 radical (unpaired) electrons. The average Bonchev–Trinajstić information content (AvgIpc) is 2.25. The van der Waals surface area contributed by atoms with Gasteiger partial charge in [0.05, 0.1) is 5.97 Å². The van der Waals surface area contributed by atoms with Gasteiger partial charge in [-0.2, -0.15) is 0 Å². The molecule has 1 rings (SSSR count). The summed E-state index contributed by atoms with van der Waals surface area (Å²) in [5, 5.41) is 10.7. The smallest absolute Gasteiger partial charge is 0.0775 e. The van der Waals surface area contributed by atoms with E-state index >= 15 is 0 Å². The highest BCUT2D eigenvalue weighted by atomic mass is 32.2. The molecular formula is C12H13O2S-. The molecule has 0 bridgehead atoms. The molecule has 0 N–H and O–H groups in total. The standard InChI is InChI=1S/C12H14O2S/c1-2-6-11(12(13)14)15-9-10-7-4-3-5-8-10/h3-8H,2,9H2,1H3,(H,13,14)/p-1/b11-6+. The molecule has 0 spiro atoms. The van der Waals surface area contributed by atoms with Gasteiger partial charge in [0.15, 0.2) is 0 Å². The van der Waals surface area contributed by atoms with Crippen LogP contribution < -0.4 is 5.11 Å². The van der Waals surface area contributed by atoms with Crippen LogP contribution in [0.3, 0.4) is 0 Å². The number of hydrogen-bond acceptors (Lipinski definition) is 3. The van der Waals surface area contributed by atoms with E-state index in [4.69, 9.17) is 0 Å².